The van der Waals surface area contributed by atoms with E-state index in [1.807, 2.05) is 13.8 Å². The molecular formula is C15H24FNO2. The highest BCUT2D eigenvalue weighted by atomic mass is 19.1. The minimum atomic E-state index is -0.366. The van der Waals surface area contributed by atoms with Crippen LogP contribution in [0.1, 0.15) is 38.8 Å². The summed E-state index contributed by atoms with van der Waals surface area (Å²) >= 11 is 0. The minimum absolute atomic E-state index is 0.0354. The van der Waals surface area contributed by atoms with Gasteiger partial charge >= 0.3 is 0 Å². The van der Waals surface area contributed by atoms with Crippen LogP contribution in [-0.2, 0) is 0 Å². The summed E-state index contributed by atoms with van der Waals surface area (Å²) in [4.78, 5) is 0. The molecule has 3 nitrogen and oxygen atoms in total. The van der Waals surface area contributed by atoms with Gasteiger partial charge in [0.2, 0.25) is 0 Å². The van der Waals surface area contributed by atoms with E-state index in [2.05, 4.69) is 12.2 Å². The lowest BCUT2D eigenvalue weighted by Crippen LogP contribution is -2.33. The van der Waals surface area contributed by atoms with Gasteiger partial charge in [0.1, 0.15) is 0 Å². The predicted molar refractivity (Wildman–Crippen MR) is 74.8 cm³/mol. The Morgan fingerprint density at radius 2 is 2.05 bits per heavy atom. The van der Waals surface area contributed by atoms with Crippen molar-refractivity contribution < 1.29 is 14.2 Å². The molecule has 0 amide bonds. The molecule has 0 aromatic heterocycles. The Hall–Kier alpha value is -1.13. The van der Waals surface area contributed by atoms with E-state index in [0.717, 1.165) is 12.0 Å². The topological polar surface area (TPSA) is 41.5 Å². The molecule has 0 spiro atoms. The van der Waals surface area contributed by atoms with Gasteiger partial charge in [-0.15, -0.1) is 0 Å². The number of methoxy groups -OCH3 is 1. The molecule has 4 heteroatoms. The van der Waals surface area contributed by atoms with Gasteiger partial charge in [0.05, 0.1) is 13.2 Å². The Bertz CT molecular complexity index is 398. The number of rotatable bonds is 7. The predicted octanol–water partition coefficient (Wildman–Crippen LogP) is 2.89. The number of benzene rings is 1. The number of hydrogen-bond donors (Lipinski definition) is 2. The zero-order valence-electron chi connectivity index (χ0n) is 12.1. The molecule has 1 aromatic rings. The van der Waals surface area contributed by atoms with Crippen molar-refractivity contribution in [1.82, 2.24) is 5.32 Å². The third-order valence-electron chi connectivity index (χ3n) is 3.61. The first-order valence-corrected chi connectivity index (χ1v) is 6.74. The molecule has 0 aliphatic carbocycles. The van der Waals surface area contributed by atoms with E-state index in [9.17, 15) is 9.50 Å². The molecule has 19 heavy (non-hydrogen) atoms. The fraction of sp³-hybridized carbons (Fsp3) is 0.600. The summed E-state index contributed by atoms with van der Waals surface area (Å²) in [5.74, 6) is 0.147. The average Bonchev–Trinajstić information content (AvgIpc) is 2.43. The Morgan fingerprint density at radius 1 is 1.37 bits per heavy atom. The highest BCUT2D eigenvalue weighted by molar-refractivity contribution is 5.31. The van der Waals surface area contributed by atoms with E-state index in [0.29, 0.717) is 6.54 Å². The fourth-order valence-corrected chi connectivity index (χ4v) is 1.83. The molecule has 3 atom stereocenters. The summed E-state index contributed by atoms with van der Waals surface area (Å²) in [6.07, 6.45) is 0.580. The third kappa shape index (κ3) is 4.48. The molecule has 0 fully saturated rings. The van der Waals surface area contributed by atoms with Gasteiger partial charge in [0.15, 0.2) is 11.6 Å². The monoisotopic (exact) mass is 269 g/mol. The summed E-state index contributed by atoms with van der Waals surface area (Å²) in [5, 5.41) is 13.2. The minimum Gasteiger partial charge on any atom is -0.494 e. The van der Waals surface area contributed by atoms with Crippen molar-refractivity contribution in [2.75, 3.05) is 13.7 Å². The molecule has 0 saturated heterocycles. The quantitative estimate of drug-likeness (QED) is 0.799. The largest absolute Gasteiger partial charge is 0.494 e. The average molecular weight is 269 g/mol. The van der Waals surface area contributed by atoms with E-state index in [1.165, 1.54) is 13.2 Å². The second kappa shape index (κ2) is 7.46. The number of ether oxygens (including phenoxy) is 1. The molecule has 3 unspecified atom stereocenters. The summed E-state index contributed by atoms with van der Waals surface area (Å²) in [6, 6.07) is 4.85. The van der Waals surface area contributed by atoms with Crippen LogP contribution in [0, 0.1) is 11.7 Å². The van der Waals surface area contributed by atoms with Crippen molar-refractivity contribution in [3.05, 3.63) is 29.6 Å². The maximum Gasteiger partial charge on any atom is 0.165 e. The molecule has 0 radical (unpaired) electrons. The van der Waals surface area contributed by atoms with Gasteiger partial charge in [0.25, 0.3) is 0 Å². The Kier molecular flexibility index (Phi) is 6.25. The molecular weight excluding hydrogens is 245 g/mol. The maximum absolute atomic E-state index is 13.3. The van der Waals surface area contributed by atoms with Gasteiger partial charge in [-0.05, 0) is 30.5 Å². The van der Waals surface area contributed by atoms with Crippen LogP contribution < -0.4 is 10.1 Å². The number of hydrogen-bond acceptors (Lipinski definition) is 3. The zero-order chi connectivity index (χ0) is 14.4. The number of nitrogens with one attached hydrogen (secondary N) is 1. The van der Waals surface area contributed by atoms with Gasteiger partial charge in [0, 0.05) is 12.6 Å². The second-order valence-electron chi connectivity index (χ2n) is 4.98. The highest BCUT2D eigenvalue weighted by Gasteiger charge is 2.14. The normalized spacial score (nSPS) is 15.9. The molecule has 1 rings (SSSR count). The molecule has 2 N–H and O–H groups in total. The van der Waals surface area contributed by atoms with Crippen LogP contribution >= 0.6 is 0 Å². The first kappa shape index (κ1) is 15.9. The highest BCUT2D eigenvalue weighted by Crippen LogP contribution is 2.22. The van der Waals surface area contributed by atoms with E-state index < -0.39 is 0 Å². The van der Waals surface area contributed by atoms with Gasteiger partial charge in [-0.25, -0.2) is 4.39 Å². The maximum atomic E-state index is 13.3. The number of aliphatic hydroxyl groups excluding tert-OH is 1. The third-order valence-corrected chi connectivity index (χ3v) is 3.61. The van der Waals surface area contributed by atoms with Crippen LogP contribution in [0.4, 0.5) is 4.39 Å². The van der Waals surface area contributed by atoms with Gasteiger partial charge in [-0.1, -0.05) is 26.3 Å². The van der Waals surface area contributed by atoms with Crippen molar-refractivity contribution in [3.63, 3.8) is 0 Å². The molecule has 0 heterocycles. The summed E-state index contributed by atoms with van der Waals surface area (Å²) in [6.45, 7) is 6.59. The number of halogens is 1. The summed E-state index contributed by atoms with van der Waals surface area (Å²) < 4.78 is 18.3. The standard InChI is InChI=1S/C15H24FNO2/c1-5-10(2)14(18)9-17-11(3)12-6-7-13(16)15(8-12)19-4/h6-8,10-11,14,17-18H,5,9H2,1-4H3. The van der Waals surface area contributed by atoms with Crippen molar-refractivity contribution >= 4 is 0 Å². The smallest absolute Gasteiger partial charge is 0.165 e. The molecule has 108 valence electrons. The van der Waals surface area contributed by atoms with Crippen molar-refractivity contribution in [1.29, 1.82) is 0 Å². The molecule has 1 aromatic carbocycles. The lowest BCUT2D eigenvalue weighted by atomic mass is 10.0. The van der Waals surface area contributed by atoms with Crippen LogP contribution in [0.3, 0.4) is 0 Å². The second-order valence-corrected chi connectivity index (χ2v) is 4.98. The van der Waals surface area contributed by atoms with Gasteiger partial charge < -0.3 is 15.2 Å². The zero-order valence-corrected chi connectivity index (χ0v) is 12.1. The Labute approximate surface area is 114 Å². The molecule has 0 aliphatic rings. The van der Waals surface area contributed by atoms with Crippen LogP contribution in [0.2, 0.25) is 0 Å². The van der Waals surface area contributed by atoms with Crippen LogP contribution in [0.15, 0.2) is 18.2 Å². The Morgan fingerprint density at radius 3 is 2.63 bits per heavy atom. The fourth-order valence-electron chi connectivity index (χ4n) is 1.83. The van der Waals surface area contributed by atoms with Crippen LogP contribution in [-0.4, -0.2) is 24.9 Å². The first-order chi connectivity index (χ1) is 8.99. The molecule has 0 aliphatic heterocycles. The summed E-state index contributed by atoms with van der Waals surface area (Å²) in [5.41, 5.74) is 0.939. The van der Waals surface area contributed by atoms with E-state index in [-0.39, 0.29) is 29.6 Å². The molecule has 0 bridgehead atoms. The van der Waals surface area contributed by atoms with Gasteiger partial charge in [-0.2, -0.15) is 0 Å². The van der Waals surface area contributed by atoms with Crippen LogP contribution in [0.5, 0.6) is 5.75 Å². The Balaban J connectivity index is 2.60. The lowest BCUT2D eigenvalue weighted by Gasteiger charge is -2.21. The lowest BCUT2D eigenvalue weighted by molar-refractivity contribution is 0.110. The molecule has 0 saturated carbocycles. The van der Waals surface area contributed by atoms with E-state index >= 15 is 0 Å². The SMILES string of the molecule is CCC(C)C(O)CNC(C)c1ccc(F)c(OC)c1. The van der Waals surface area contributed by atoms with Crippen molar-refractivity contribution in [3.8, 4) is 5.75 Å². The summed E-state index contributed by atoms with van der Waals surface area (Å²) in [7, 11) is 1.45. The van der Waals surface area contributed by atoms with E-state index in [4.69, 9.17) is 4.74 Å². The first-order valence-electron chi connectivity index (χ1n) is 6.74. The van der Waals surface area contributed by atoms with Crippen molar-refractivity contribution in [2.24, 2.45) is 5.92 Å². The van der Waals surface area contributed by atoms with Gasteiger partial charge in [-0.3, -0.25) is 0 Å². The van der Waals surface area contributed by atoms with Crippen molar-refractivity contribution in [2.45, 2.75) is 39.3 Å². The number of aliphatic hydroxyl groups is 1. The van der Waals surface area contributed by atoms with E-state index in [1.54, 1.807) is 12.1 Å². The van der Waals surface area contributed by atoms with Crippen LogP contribution in [0.25, 0.3) is 0 Å².